The molecule has 4 nitrogen and oxygen atoms in total. The van der Waals surface area contributed by atoms with Crippen LogP contribution in [-0.2, 0) is 6.42 Å². The quantitative estimate of drug-likeness (QED) is 0.537. The summed E-state index contributed by atoms with van der Waals surface area (Å²) in [6.45, 7) is 14.5. The summed E-state index contributed by atoms with van der Waals surface area (Å²) in [6.07, 6.45) is 0.641. The van der Waals surface area contributed by atoms with Gasteiger partial charge in [-0.25, -0.2) is 0 Å². The van der Waals surface area contributed by atoms with Crippen molar-refractivity contribution in [2.75, 3.05) is 5.32 Å². The highest BCUT2D eigenvalue weighted by molar-refractivity contribution is 6.03. The molecule has 1 heterocycles. The van der Waals surface area contributed by atoms with Gasteiger partial charge >= 0.3 is 0 Å². The molecule has 0 atom stereocenters. The lowest BCUT2D eigenvalue weighted by Gasteiger charge is -2.18. The number of phenols is 1. The van der Waals surface area contributed by atoms with Crippen LogP contribution in [-0.4, -0.2) is 11.0 Å². The molecule has 0 saturated carbocycles. The number of aromatic hydroxyl groups is 1. The Bertz CT molecular complexity index is 1080. The Morgan fingerprint density at radius 1 is 0.897 bits per heavy atom. The summed E-state index contributed by atoms with van der Waals surface area (Å²) in [4.78, 5) is 12.6. The first-order chi connectivity index (χ1) is 13.6. The summed E-state index contributed by atoms with van der Waals surface area (Å²) in [5.41, 5.74) is 9.80. The standard InChI is InChI=1S/C25H29NO3/c1-13-10-14(2)24(27)22(11-13)26-25(28)23-9-8-20(29-23)12-21-18(6)16(4)15(3)17(5)19(21)7/h8-11,27H,12H2,1-7H3,(H,26,28). The lowest BCUT2D eigenvalue weighted by atomic mass is 9.88. The van der Waals surface area contributed by atoms with Crippen molar-refractivity contribution in [3.8, 4) is 5.75 Å². The summed E-state index contributed by atoms with van der Waals surface area (Å²) < 4.78 is 5.85. The minimum atomic E-state index is -0.374. The number of carbonyl (C=O) groups excluding carboxylic acids is 1. The first-order valence-corrected chi connectivity index (χ1v) is 9.86. The van der Waals surface area contributed by atoms with Crippen LogP contribution < -0.4 is 5.32 Å². The Kier molecular flexibility index (Phi) is 5.56. The number of hydrogen-bond donors (Lipinski definition) is 2. The maximum atomic E-state index is 12.6. The molecular weight excluding hydrogens is 362 g/mol. The highest BCUT2D eigenvalue weighted by Crippen LogP contribution is 2.30. The van der Waals surface area contributed by atoms with E-state index < -0.39 is 0 Å². The zero-order valence-electron chi connectivity index (χ0n) is 18.3. The van der Waals surface area contributed by atoms with Gasteiger partial charge in [-0.3, -0.25) is 4.79 Å². The van der Waals surface area contributed by atoms with Gasteiger partial charge in [0.05, 0.1) is 5.69 Å². The molecule has 0 bridgehead atoms. The minimum Gasteiger partial charge on any atom is -0.505 e. The smallest absolute Gasteiger partial charge is 0.291 e. The Hall–Kier alpha value is -3.01. The number of furan rings is 1. The van der Waals surface area contributed by atoms with E-state index in [1.165, 1.54) is 33.4 Å². The molecule has 2 N–H and O–H groups in total. The van der Waals surface area contributed by atoms with E-state index in [2.05, 4.69) is 39.9 Å². The van der Waals surface area contributed by atoms with Gasteiger partial charge in [-0.2, -0.15) is 0 Å². The molecule has 0 fully saturated rings. The number of phenolic OH excluding ortho intramolecular Hbond substituents is 1. The van der Waals surface area contributed by atoms with Gasteiger partial charge < -0.3 is 14.8 Å². The first kappa shape index (κ1) is 20.7. The van der Waals surface area contributed by atoms with E-state index in [9.17, 15) is 9.90 Å². The third kappa shape index (κ3) is 3.93. The third-order valence-corrected chi connectivity index (χ3v) is 6.08. The minimum absolute atomic E-state index is 0.0765. The predicted octanol–water partition coefficient (Wildman–Crippen LogP) is 5.99. The van der Waals surface area contributed by atoms with E-state index in [1.54, 1.807) is 19.1 Å². The topological polar surface area (TPSA) is 62.5 Å². The second kappa shape index (κ2) is 7.78. The zero-order chi connectivity index (χ0) is 21.5. The molecule has 0 aliphatic rings. The van der Waals surface area contributed by atoms with Crippen LogP contribution in [0.1, 0.15) is 60.8 Å². The molecule has 0 aliphatic carbocycles. The van der Waals surface area contributed by atoms with Crippen LogP contribution >= 0.6 is 0 Å². The monoisotopic (exact) mass is 391 g/mol. The fraction of sp³-hybridized carbons (Fsp3) is 0.320. The number of amides is 1. The van der Waals surface area contributed by atoms with Crippen molar-refractivity contribution in [1.29, 1.82) is 0 Å². The highest BCUT2D eigenvalue weighted by atomic mass is 16.3. The number of hydrogen-bond acceptors (Lipinski definition) is 3. The summed E-state index contributed by atoms with van der Waals surface area (Å²) >= 11 is 0. The first-order valence-electron chi connectivity index (χ1n) is 9.86. The Labute approximate surface area is 172 Å². The van der Waals surface area contributed by atoms with Gasteiger partial charge in [0, 0.05) is 6.42 Å². The SMILES string of the molecule is Cc1cc(C)c(O)c(NC(=O)c2ccc(Cc3c(C)c(C)c(C)c(C)c3C)o2)c1. The van der Waals surface area contributed by atoms with E-state index in [-0.39, 0.29) is 17.4 Å². The van der Waals surface area contributed by atoms with Crippen molar-refractivity contribution in [3.63, 3.8) is 0 Å². The van der Waals surface area contributed by atoms with Gasteiger partial charge in [0.15, 0.2) is 5.76 Å². The number of aryl methyl sites for hydroxylation is 2. The molecule has 0 unspecified atom stereocenters. The van der Waals surface area contributed by atoms with Crippen LogP contribution in [0.5, 0.6) is 5.75 Å². The maximum absolute atomic E-state index is 12.6. The molecular formula is C25H29NO3. The van der Waals surface area contributed by atoms with Crippen LogP contribution in [0.2, 0.25) is 0 Å². The summed E-state index contributed by atoms with van der Waals surface area (Å²) in [5.74, 6) is 0.678. The van der Waals surface area contributed by atoms with Crippen molar-refractivity contribution in [2.45, 2.75) is 54.9 Å². The number of anilines is 1. The van der Waals surface area contributed by atoms with Crippen LogP contribution in [0, 0.1) is 48.5 Å². The number of nitrogens with one attached hydrogen (secondary N) is 1. The lowest BCUT2D eigenvalue weighted by Crippen LogP contribution is -2.11. The fourth-order valence-corrected chi connectivity index (χ4v) is 3.85. The van der Waals surface area contributed by atoms with E-state index in [0.717, 1.165) is 16.9 Å². The second-order valence-electron chi connectivity index (χ2n) is 7.98. The average molecular weight is 392 g/mol. The van der Waals surface area contributed by atoms with E-state index in [0.29, 0.717) is 12.1 Å². The van der Waals surface area contributed by atoms with E-state index >= 15 is 0 Å². The Balaban J connectivity index is 1.85. The van der Waals surface area contributed by atoms with Crippen molar-refractivity contribution in [2.24, 2.45) is 0 Å². The third-order valence-electron chi connectivity index (χ3n) is 6.08. The molecule has 0 saturated heterocycles. The largest absolute Gasteiger partial charge is 0.505 e. The van der Waals surface area contributed by atoms with Gasteiger partial charge in [-0.15, -0.1) is 0 Å². The molecule has 29 heavy (non-hydrogen) atoms. The lowest BCUT2D eigenvalue weighted by molar-refractivity contribution is 0.0994. The molecule has 0 spiro atoms. The molecule has 1 aromatic heterocycles. The van der Waals surface area contributed by atoms with Gasteiger partial charge in [-0.1, -0.05) is 6.07 Å². The number of rotatable bonds is 4. The Morgan fingerprint density at radius 2 is 1.48 bits per heavy atom. The van der Waals surface area contributed by atoms with Gasteiger partial charge in [0.25, 0.3) is 5.91 Å². The van der Waals surface area contributed by atoms with Crippen LogP contribution in [0.4, 0.5) is 5.69 Å². The molecule has 0 aliphatic heterocycles. The van der Waals surface area contributed by atoms with E-state index in [1.807, 2.05) is 19.1 Å². The highest BCUT2D eigenvalue weighted by Gasteiger charge is 2.17. The number of carbonyl (C=O) groups is 1. The fourth-order valence-electron chi connectivity index (χ4n) is 3.85. The van der Waals surface area contributed by atoms with E-state index in [4.69, 9.17) is 4.42 Å². The van der Waals surface area contributed by atoms with Crippen molar-refractivity contribution in [3.05, 3.63) is 80.3 Å². The zero-order valence-corrected chi connectivity index (χ0v) is 18.3. The summed E-state index contributed by atoms with van der Waals surface area (Å²) in [5, 5.41) is 13.0. The van der Waals surface area contributed by atoms with Crippen molar-refractivity contribution in [1.82, 2.24) is 0 Å². The normalized spacial score (nSPS) is 11.0. The van der Waals surface area contributed by atoms with Crippen LogP contribution in [0.3, 0.4) is 0 Å². The van der Waals surface area contributed by atoms with Crippen molar-refractivity contribution < 1.29 is 14.3 Å². The van der Waals surface area contributed by atoms with Gasteiger partial charge in [0.2, 0.25) is 0 Å². The predicted molar refractivity (Wildman–Crippen MR) is 117 cm³/mol. The molecule has 1 amide bonds. The molecule has 152 valence electrons. The molecule has 3 aromatic rings. The summed E-state index contributed by atoms with van der Waals surface area (Å²) in [6, 6.07) is 7.14. The van der Waals surface area contributed by atoms with Crippen LogP contribution in [0.15, 0.2) is 28.7 Å². The molecule has 4 heteroatoms. The second-order valence-corrected chi connectivity index (χ2v) is 7.98. The Morgan fingerprint density at radius 3 is 2.10 bits per heavy atom. The van der Waals surface area contributed by atoms with Crippen molar-refractivity contribution >= 4 is 11.6 Å². The molecule has 3 rings (SSSR count). The molecule has 0 radical (unpaired) electrons. The van der Waals surface area contributed by atoms with Gasteiger partial charge in [0.1, 0.15) is 11.5 Å². The maximum Gasteiger partial charge on any atom is 0.291 e. The molecule has 2 aromatic carbocycles. The van der Waals surface area contributed by atoms with Crippen LogP contribution in [0.25, 0.3) is 0 Å². The summed E-state index contributed by atoms with van der Waals surface area (Å²) in [7, 11) is 0. The van der Waals surface area contributed by atoms with Gasteiger partial charge in [-0.05, 0) is 111 Å². The average Bonchev–Trinajstić information content (AvgIpc) is 3.15. The number of benzene rings is 2.